The van der Waals surface area contributed by atoms with Crippen molar-refractivity contribution >= 4 is 17.2 Å². The molecule has 0 radical (unpaired) electrons. The van der Waals surface area contributed by atoms with Crippen LogP contribution in [-0.4, -0.2) is 53.8 Å². The molecule has 1 heterocycles. The van der Waals surface area contributed by atoms with E-state index in [2.05, 4.69) is 14.8 Å². The van der Waals surface area contributed by atoms with Crippen LogP contribution in [0.2, 0.25) is 0 Å². The van der Waals surface area contributed by atoms with Crippen LogP contribution in [0, 0.1) is 16.0 Å². The molecule has 0 N–H and O–H groups in total. The third-order valence-electron chi connectivity index (χ3n) is 4.07. The molecule has 6 nitrogen and oxygen atoms in total. The highest BCUT2D eigenvalue weighted by Gasteiger charge is 2.38. The normalized spacial score (nSPS) is 17.2. The van der Waals surface area contributed by atoms with Crippen LogP contribution in [0.4, 0.5) is 24.5 Å². The van der Waals surface area contributed by atoms with E-state index in [-0.39, 0.29) is 11.6 Å². The summed E-state index contributed by atoms with van der Waals surface area (Å²) in [5.41, 5.74) is -2.17. The van der Waals surface area contributed by atoms with Gasteiger partial charge >= 0.3 is 6.18 Å². The van der Waals surface area contributed by atoms with Gasteiger partial charge in [0.15, 0.2) is 0 Å². The van der Waals surface area contributed by atoms with Gasteiger partial charge in [0.05, 0.1) is 10.6 Å². The zero-order valence-electron chi connectivity index (χ0n) is 14.4. The van der Waals surface area contributed by atoms with Crippen LogP contribution in [-0.2, 0) is 6.18 Å². The summed E-state index contributed by atoms with van der Waals surface area (Å²) < 4.78 is 39.3. The van der Waals surface area contributed by atoms with Crippen LogP contribution < -0.4 is 0 Å². The van der Waals surface area contributed by atoms with E-state index in [1.165, 1.54) is 6.07 Å². The summed E-state index contributed by atoms with van der Waals surface area (Å²) in [6.07, 6.45) is -4.81. The Morgan fingerprint density at radius 3 is 2.32 bits per heavy atom. The van der Waals surface area contributed by atoms with Gasteiger partial charge in [0.2, 0.25) is 0 Å². The minimum atomic E-state index is -4.81. The molecule has 1 fully saturated rings. The topological polar surface area (TPSA) is 62.0 Å². The fourth-order valence-corrected chi connectivity index (χ4v) is 2.71. The van der Waals surface area contributed by atoms with Gasteiger partial charge in [-0.15, -0.1) is 0 Å². The summed E-state index contributed by atoms with van der Waals surface area (Å²) in [6, 6.07) is 2.87. The van der Waals surface area contributed by atoms with Crippen LogP contribution in [0.25, 0.3) is 0 Å². The molecule has 2 rings (SSSR count). The molecule has 0 aromatic heterocycles. The molecular formula is C16H21F3N4O2. The number of hydrogen-bond donors (Lipinski definition) is 0. The third kappa shape index (κ3) is 4.68. The number of rotatable bonds is 3. The van der Waals surface area contributed by atoms with E-state index in [0.717, 1.165) is 38.3 Å². The predicted molar refractivity (Wildman–Crippen MR) is 89.1 cm³/mol. The maximum Gasteiger partial charge on any atom is 0.423 e. The second-order valence-electron chi connectivity index (χ2n) is 6.37. The van der Waals surface area contributed by atoms with Crippen molar-refractivity contribution in [3.8, 4) is 0 Å². The molecule has 9 heteroatoms. The Labute approximate surface area is 144 Å². The van der Waals surface area contributed by atoms with E-state index >= 15 is 0 Å². The van der Waals surface area contributed by atoms with Gasteiger partial charge in [0.25, 0.3) is 5.69 Å². The number of nitro groups is 1. The molecule has 1 aromatic rings. The van der Waals surface area contributed by atoms with Crippen molar-refractivity contribution in [2.75, 3.05) is 33.2 Å². The lowest BCUT2D eigenvalue weighted by Gasteiger charge is -2.36. The molecule has 0 spiro atoms. The minimum Gasteiger partial charge on any atom is -0.357 e. The van der Waals surface area contributed by atoms with Gasteiger partial charge in [-0.05, 0) is 19.2 Å². The van der Waals surface area contributed by atoms with Crippen molar-refractivity contribution in [3.05, 3.63) is 33.9 Å². The molecule has 0 unspecified atom stereocenters. The van der Waals surface area contributed by atoms with Crippen molar-refractivity contribution in [2.45, 2.75) is 20.0 Å². The number of aliphatic imine (C=N–C) groups is 1. The standard InChI is InChI=1S/C16H21F3N4O2/c1-11(2)15(22-8-6-21(3)7-9-22)20-12-4-5-14(23(24)25)13(10-12)16(17,18)19/h4-5,10-11H,6-9H2,1-3H3. The summed E-state index contributed by atoms with van der Waals surface area (Å²) in [4.78, 5) is 18.4. The molecule has 1 saturated heterocycles. The van der Waals surface area contributed by atoms with E-state index in [0.29, 0.717) is 5.84 Å². The Morgan fingerprint density at radius 1 is 1.24 bits per heavy atom. The number of nitro benzene ring substituents is 1. The average Bonchev–Trinajstić information content (AvgIpc) is 2.52. The Bertz CT molecular complexity index is 666. The first-order valence-electron chi connectivity index (χ1n) is 7.97. The van der Waals surface area contributed by atoms with Crippen LogP contribution in [0.1, 0.15) is 19.4 Å². The summed E-state index contributed by atoms with van der Waals surface area (Å²) in [5.74, 6) is 0.711. The SMILES string of the molecule is CC(C)C(=Nc1ccc([N+](=O)[O-])c(C(F)(F)F)c1)N1CCN(C)CC1. The van der Waals surface area contributed by atoms with Crippen molar-refractivity contribution in [1.82, 2.24) is 9.80 Å². The Balaban J connectivity index is 2.41. The van der Waals surface area contributed by atoms with E-state index in [9.17, 15) is 23.3 Å². The Kier molecular flexibility index (Phi) is 5.66. The van der Waals surface area contributed by atoms with Crippen LogP contribution >= 0.6 is 0 Å². The molecule has 0 bridgehead atoms. The molecule has 0 amide bonds. The number of piperazine rings is 1. The van der Waals surface area contributed by atoms with Crippen LogP contribution in [0.5, 0.6) is 0 Å². The van der Waals surface area contributed by atoms with Gasteiger partial charge in [-0.25, -0.2) is 4.99 Å². The first-order valence-corrected chi connectivity index (χ1v) is 7.97. The molecular weight excluding hydrogens is 337 g/mol. The second-order valence-corrected chi connectivity index (χ2v) is 6.37. The fourth-order valence-electron chi connectivity index (χ4n) is 2.71. The Morgan fingerprint density at radius 2 is 1.84 bits per heavy atom. The number of hydrogen-bond acceptors (Lipinski definition) is 4. The first kappa shape index (κ1) is 19.2. The second kappa shape index (κ2) is 7.38. The lowest BCUT2D eigenvalue weighted by Crippen LogP contribution is -2.48. The lowest BCUT2D eigenvalue weighted by molar-refractivity contribution is -0.388. The van der Waals surface area contributed by atoms with Gasteiger partial charge in [-0.1, -0.05) is 13.8 Å². The van der Waals surface area contributed by atoms with E-state index in [1.54, 1.807) is 0 Å². The number of amidine groups is 1. The van der Waals surface area contributed by atoms with Crippen molar-refractivity contribution in [2.24, 2.45) is 10.9 Å². The monoisotopic (exact) mass is 358 g/mol. The molecule has 1 aliphatic heterocycles. The van der Waals surface area contributed by atoms with Gasteiger partial charge in [0, 0.05) is 38.2 Å². The van der Waals surface area contributed by atoms with Crippen molar-refractivity contribution in [1.29, 1.82) is 0 Å². The molecule has 0 saturated carbocycles. The van der Waals surface area contributed by atoms with Crippen molar-refractivity contribution < 1.29 is 18.1 Å². The Hall–Kier alpha value is -2.16. The highest BCUT2D eigenvalue weighted by Crippen LogP contribution is 2.38. The number of alkyl halides is 3. The van der Waals surface area contributed by atoms with Crippen LogP contribution in [0.15, 0.2) is 23.2 Å². The summed E-state index contributed by atoms with van der Waals surface area (Å²) in [7, 11) is 2.01. The lowest BCUT2D eigenvalue weighted by atomic mass is 10.1. The fraction of sp³-hybridized carbons (Fsp3) is 0.562. The van der Waals surface area contributed by atoms with E-state index in [4.69, 9.17) is 0 Å². The molecule has 0 atom stereocenters. The maximum absolute atomic E-state index is 13.1. The van der Waals surface area contributed by atoms with Gasteiger partial charge < -0.3 is 9.80 Å². The zero-order valence-corrected chi connectivity index (χ0v) is 14.4. The van der Waals surface area contributed by atoms with E-state index in [1.807, 2.05) is 20.9 Å². The quantitative estimate of drug-likeness (QED) is 0.359. The minimum absolute atomic E-state index is 0.0212. The highest BCUT2D eigenvalue weighted by molar-refractivity contribution is 5.86. The number of halogens is 3. The van der Waals surface area contributed by atoms with E-state index < -0.39 is 22.4 Å². The summed E-state index contributed by atoms with van der Waals surface area (Å²) in [6.45, 7) is 7.03. The first-order chi connectivity index (χ1) is 11.6. The van der Waals surface area contributed by atoms with Gasteiger partial charge in [-0.3, -0.25) is 10.1 Å². The van der Waals surface area contributed by atoms with Gasteiger partial charge in [0.1, 0.15) is 11.4 Å². The molecule has 1 aliphatic rings. The highest BCUT2D eigenvalue weighted by atomic mass is 19.4. The largest absolute Gasteiger partial charge is 0.423 e. The summed E-state index contributed by atoms with van der Waals surface area (Å²) >= 11 is 0. The number of likely N-dealkylation sites (N-methyl/N-ethyl adjacent to an activating group) is 1. The average molecular weight is 358 g/mol. The number of nitrogens with zero attached hydrogens (tertiary/aromatic N) is 4. The zero-order chi connectivity index (χ0) is 18.8. The summed E-state index contributed by atoms with van der Waals surface area (Å²) in [5, 5.41) is 10.8. The van der Waals surface area contributed by atoms with Crippen molar-refractivity contribution in [3.63, 3.8) is 0 Å². The molecule has 25 heavy (non-hydrogen) atoms. The van der Waals surface area contributed by atoms with Crippen LogP contribution in [0.3, 0.4) is 0 Å². The molecule has 1 aromatic carbocycles. The van der Waals surface area contributed by atoms with Gasteiger partial charge in [-0.2, -0.15) is 13.2 Å². The third-order valence-corrected chi connectivity index (χ3v) is 4.07. The smallest absolute Gasteiger partial charge is 0.357 e. The maximum atomic E-state index is 13.1. The molecule has 0 aliphatic carbocycles. The predicted octanol–water partition coefficient (Wildman–Crippen LogP) is 3.55. The molecule has 138 valence electrons. The number of benzene rings is 1.